The van der Waals surface area contributed by atoms with Crippen molar-refractivity contribution in [1.29, 1.82) is 0 Å². The Labute approximate surface area is 66.7 Å². The molecule has 0 saturated heterocycles. The second-order valence-electron chi connectivity index (χ2n) is 2.69. The highest BCUT2D eigenvalue weighted by Crippen LogP contribution is 2.10. The summed E-state index contributed by atoms with van der Waals surface area (Å²) < 4.78 is 1.64. The van der Waals surface area contributed by atoms with Gasteiger partial charge in [-0.1, -0.05) is 13.3 Å². The quantitative estimate of drug-likeness (QED) is 0.716. The zero-order valence-corrected chi connectivity index (χ0v) is 6.99. The molecule has 3 heteroatoms. The van der Waals surface area contributed by atoms with E-state index in [1.165, 1.54) is 0 Å². The van der Waals surface area contributed by atoms with Crippen molar-refractivity contribution < 1.29 is 5.11 Å². The Kier molecular flexibility index (Phi) is 2.65. The minimum Gasteiger partial charge on any atom is -0.372 e. The molecular formula is C8H14N2O. The number of hydrogen-bond donors (Lipinski definition) is 1. The first-order valence-electron chi connectivity index (χ1n) is 3.94. The van der Waals surface area contributed by atoms with E-state index in [0.717, 1.165) is 18.5 Å². The molecule has 3 nitrogen and oxygen atoms in total. The van der Waals surface area contributed by atoms with Gasteiger partial charge in [0.25, 0.3) is 0 Å². The lowest BCUT2D eigenvalue weighted by Gasteiger charge is -2.11. The number of aliphatic hydroxyl groups is 1. The highest BCUT2D eigenvalue weighted by atomic mass is 16.3. The minimum atomic E-state index is -0.449. The number of hydrogen-bond acceptors (Lipinski definition) is 2. The predicted octanol–water partition coefficient (Wildman–Crippen LogP) is 1.48. The first kappa shape index (κ1) is 8.27. The third-order valence-corrected chi connectivity index (χ3v) is 1.70. The summed E-state index contributed by atoms with van der Waals surface area (Å²) in [6.07, 6.45) is 2.99. The Balaban J connectivity index is 2.67. The van der Waals surface area contributed by atoms with Gasteiger partial charge in [-0.2, -0.15) is 5.10 Å². The second-order valence-corrected chi connectivity index (χ2v) is 2.69. The number of aryl methyl sites for hydroxylation is 1. The first-order valence-corrected chi connectivity index (χ1v) is 3.94. The molecule has 0 aliphatic heterocycles. The molecule has 1 unspecified atom stereocenters. The zero-order valence-electron chi connectivity index (χ0n) is 6.99. The molecule has 0 fully saturated rings. The van der Waals surface area contributed by atoms with Gasteiger partial charge in [-0.15, -0.1) is 0 Å². The summed E-state index contributed by atoms with van der Waals surface area (Å²) in [4.78, 5) is 0. The van der Waals surface area contributed by atoms with E-state index in [0.29, 0.717) is 0 Å². The summed E-state index contributed by atoms with van der Waals surface area (Å²) in [5.41, 5.74) is 1.01. The van der Waals surface area contributed by atoms with Crippen molar-refractivity contribution >= 4 is 0 Å². The topological polar surface area (TPSA) is 38.0 Å². The predicted molar refractivity (Wildman–Crippen MR) is 43.1 cm³/mol. The third-order valence-electron chi connectivity index (χ3n) is 1.70. The third kappa shape index (κ3) is 1.80. The summed E-state index contributed by atoms with van der Waals surface area (Å²) >= 11 is 0. The molecule has 1 atom stereocenters. The van der Waals surface area contributed by atoms with Crippen molar-refractivity contribution in [3.63, 3.8) is 0 Å². The van der Waals surface area contributed by atoms with E-state index in [1.54, 1.807) is 10.9 Å². The fraction of sp³-hybridized carbons (Fsp3) is 0.625. The molecule has 1 heterocycles. The van der Waals surface area contributed by atoms with E-state index in [4.69, 9.17) is 0 Å². The minimum absolute atomic E-state index is 0.449. The molecule has 11 heavy (non-hydrogen) atoms. The Morgan fingerprint density at radius 3 is 2.91 bits per heavy atom. The van der Waals surface area contributed by atoms with Crippen molar-refractivity contribution in [2.24, 2.45) is 0 Å². The maximum absolute atomic E-state index is 9.49. The molecule has 0 spiro atoms. The Hall–Kier alpha value is -0.830. The molecule has 0 amide bonds. The van der Waals surface area contributed by atoms with Gasteiger partial charge in [-0.25, -0.2) is 4.68 Å². The normalized spacial score (nSPS) is 13.4. The van der Waals surface area contributed by atoms with Gasteiger partial charge in [-0.05, 0) is 19.4 Å². The maximum atomic E-state index is 9.49. The zero-order chi connectivity index (χ0) is 8.27. The van der Waals surface area contributed by atoms with Crippen LogP contribution in [-0.4, -0.2) is 14.9 Å². The van der Waals surface area contributed by atoms with Crippen LogP contribution in [0.15, 0.2) is 12.3 Å². The lowest BCUT2D eigenvalue weighted by Crippen LogP contribution is -2.10. The average Bonchev–Trinajstić information content (AvgIpc) is 2.36. The fourth-order valence-electron chi connectivity index (χ4n) is 1.07. The molecule has 0 radical (unpaired) electrons. The number of aromatic nitrogens is 2. The van der Waals surface area contributed by atoms with Crippen LogP contribution in [-0.2, 0) is 0 Å². The van der Waals surface area contributed by atoms with Crippen LogP contribution in [0.1, 0.15) is 31.7 Å². The van der Waals surface area contributed by atoms with Gasteiger partial charge in [0.1, 0.15) is 6.23 Å². The summed E-state index contributed by atoms with van der Waals surface area (Å²) in [6.45, 7) is 3.98. The van der Waals surface area contributed by atoms with Gasteiger partial charge >= 0.3 is 0 Å². The van der Waals surface area contributed by atoms with Crippen molar-refractivity contribution in [1.82, 2.24) is 9.78 Å². The van der Waals surface area contributed by atoms with Crippen LogP contribution >= 0.6 is 0 Å². The molecule has 0 aliphatic rings. The van der Waals surface area contributed by atoms with Gasteiger partial charge in [0, 0.05) is 11.9 Å². The standard InChI is InChI=1S/C8H14N2O/c1-3-4-8(11)10-7(2)5-6-9-10/h5-6,8,11H,3-4H2,1-2H3. The number of rotatable bonds is 3. The van der Waals surface area contributed by atoms with Crippen LogP contribution in [0.3, 0.4) is 0 Å². The molecule has 0 aromatic carbocycles. The van der Waals surface area contributed by atoms with Crippen LogP contribution in [0, 0.1) is 6.92 Å². The first-order chi connectivity index (χ1) is 5.25. The van der Waals surface area contributed by atoms with Crippen LogP contribution in [0.25, 0.3) is 0 Å². The van der Waals surface area contributed by atoms with E-state index in [-0.39, 0.29) is 0 Å². The van der Waals surface area contributed by atoms with E-state index in [1.807, 2.05) is 19.9 Å². The Morgan fingerprint density at radius 2 is 2.45 bits per heavy atom. The van der Waals surface area contributed by atoms with E-state index in [2.05, 4.69) is 5.10 Å². The molecule has 1 N–H and O–H groups in total. The van der Waals surface area contributed by atoms with E-state index < -0.39 is 6.23 Å². The number of aliphatic hydroxyl groups excluding tert-OH is 1. The van der Waals surface area contributed by atoms with Crippen molar-refractivity contribution in [2.75, 3.05) is 0 Å². The van der Waals surface area contributed by atoms with E-state index in [9.17, 15) is 5.11 Å². The largest absolute Gasteiger partial charge is 0.372 e. The summed E-state index contributed by atoms with van der Waals surface area (Å²) in [7, 11) is 0. The van der Waals surface area contributed by atoms with Crippen LogP contribution in [0.5, 0.6) is 0 Å². The Morgan fingerprint density at radius 1 is 1.73 bits per heavy atom. The Bertz CT molecular complexity index is 220. The average molecular weight is 154 g/mol. The molecule has 0 bridgehead atoms. The van der Waals surface area contributed by atoms with Crippen molar-refractivity contribution in [3.8, 4) is 0 Å². The summed E-state index contributed by atoms with van der Waals surface area (Å²) in [6, 6.07) is 1.89. The smallest absolute Gasteiger partial charge is 0.147 e. The highest BCUT2D eigenvalue weighted by Gasteiger charge is 2.06. The molecule has 0 saturated carbocycles. The maximum Gasteiger partial charge on any atom is 0.147 e. The molecule has 1 aromatic heterocycles. The lowest BCUT2D eigenvalue weighted by atomic mass is 10.3. The fourth-order valence-corrected chi connectivity index (χ4v) is 1.07. The van der Waals surface area contributed by atoms with Gasteiger partial charge in [0.05, 0.1) is 0 Å². The van der Waals surface area contributed by atoms with Crippen molar-refractivity contribution in [3.05, 3.63) is 18.0 Å². The van der Waals surface area contributed by atoms with Gasteiger partial charge in [0.15, 0.2) is 0 Å². The second kappa shape index (κ2) is 3.53. The van der Waals surface area contributed by atoms with Crippen LogP contribution < -0.4 is 0 Å². The van der Waals surface area contributed by atoms with Crippen LogP contribution in [0.2, 0.25) is 0 Å². The van der Waals surface area contributed by atoms with Crippen LogP contribution in [0.4, 0.5) is 0 Å². The summed E-state index contributed by atoms with van der Waals surface area (Å²) in [5, 5.41) is 13.5. The molecule has 1 rings (SSSR count). The number of nitrogens with zero attached hydrogens (tertiary/aromatic N) is 2. The SMILES string of the molecule is CCCC(O)n1nccc1C. The van der Waals surface area contributed by atoms with Gasteiger partial charge in [0.2, 0.25) is 0 Å². The van der Waals surface area contributed by atoms with Crippen molar-refractivity contribution in [2.45, 2.75) is 32.9 Å². The monoisotopic (exact) mass is 154 g/mol. The molecule has 0 aliphatic carbocycles. The highest BCUT2D eigenvalue weighted by molar-refractivity contribution is 4.97. The molecular weight excluding hydrogens is 140 g/mol. The van der Waals surface area contributed by atoms with E-state index >= 15 is 0 Å². The molecule has 1 aromatic rings. The lowest BCUT2D eigenvalue weighted by molar-refractivity contribution is 0.0787. The van der Waals surface area contributed by atoms with Gasteiger partial charge < -0.3 is 5.11 Å². The summed E-state index contributed by atoms with van der Waals surface area (Å²) in [5.74, 6) is 0. The molecule has 62 valence electrons. The van der Waals surface area contributed by atoms with Gasteiger partial charge in [-0.3, -0.25) is 0 Å².